The minimum Gasteiger partial charge on any atom is -0.330 e. The van der Waals surface area contributed by atoms with Crippen LogP contribution in [0.4, 0.5) is 13.2 Å². The van der Waals surface area contributed by atoms with Gasteiger partial charge in [-0.1, -0.05) is 12.1 Å². The van der Waals surface area contributed by atoms with Crippen molar-refractivity contribution in [3.63, 3.8) is 0 Å². The molecule has 0 aromatic heterocycles. The summed E-state index contributed by atoms with van der Waals surface area (Å²) in [5.74, 6) is -0.466. The first kappa shape index (κ1) is 14.2. The van der Waals surface area contributed by atoms with Crippen LogP contribution in [0.25, 0.3) is 0 Å². The van der Waals surface area contributed by atoms with Crippen molar-refractivity contribution in [2.45, 2.75) is 36.4 Å². The first-order valence-corrected chi connectivity index (χ1v) is 6.44. The SMILES string of the molecule is O=C(Cc1ccc(S)cc1)N(CC(F)(F)F)C1CC1. The average Bonchev–Trinajstić information content (AvgIpc) is 3.12. The maximum absolute atomic E-state index is 12.4. The second kappa shape index (κ2) is 5.45. The van der Waals surface area contributed by atoms with Crippen molar-refractivity contribution in [2.75, 3.05) is 6.54 Å². The topological polar surface area (TPSA) is 20.3 Å². The molecule has 1 fully saturated rings. The summed E-state index contributed by atoms with van der Waals surface area (Å²) in [6, 6.07) is 6.62. The molecule has 1 aliphatic carbocycles. The lowest BCUT2D eigenvalue weighted by molar-refractivity contribution is -0.162. The van der Waals surface area contributed by atoms with Crippen LogP contribution in [-0.4, -0.2) is 29.6 Å². The highest BCUT2D eigenvalue weighted by atomic mass is 32.1. The standard InChI is InChI=1S/C13H14F3NOS/c14-13(15,16)8-17(10-3-4-10)12(18)7-9-1-5-11(19)6-2-9/h1-2,5-6,10,19H,3-4,7-8H2. The largest absolute Gasteiger partial charge is 0.406 e. The molecule has 1 aliphatic rings. The summed E-state index contributed by atoms with van der Waals surface area (Å²) in [5, 5.41) is 0. The zero-order valence-electron chi connectivity index (χ0n) is 10.2. The number of hydrogen-bond donors (Lipinski definition) is 1. The first-order valence-electron chi connectivity index (χ1n) is 5.99. The van der Waals surface area contributed by atoms with Gasteiger partial charge in [0.25, 0.3) is 0 Å². The van der Waals surface area contributed by atoms with Crippen LogP contribution in [0.2, 0.25) is 0 Å². The van der Waals surface area contributed by atoms with Crippen molar-refractivity contribution >= 4 is 18.5 Å². The molecule has 104 valence electrons. The number of benzene rings is 1. The van der Waals surface area contributed by atoms with E-state index in [1.165, 1.54) is 0 Å². The van der Waals surface area contributed by atoms with Crippen molar-refractivity contribution in [1.29, 1.82) is 0 Å². The van der Waals surface area contributed by atoms with Gasteiger partial charge in [0.2, 0.25) is 5.91 Å². The highest BCUT2D eigenvalue weighted by molar-refractivity contribution is 7.80. The van der Waals surface area contributed by atoms with Gasteiger partial charge in [-0.2, -0.15) is 13.2 Å². The Balaban J connectivity index is 2.01. The van der Waals surface area contributed by atoms with Gasteiger partial charge in [-0.05, 0) is 30.5 Å². The molecule has 0 unspecified atom stereocenters. The van der Waals surface area contributed by atoms with Crippen molar-refractivity contribution in [2.24, 2.45) is 0 Å². The minimum atomic E-state index is -4.34. The molecule has 0 saturated heterocycles. The number of amides is 1. The molecule has 2 nitrogen and oxygen atoms in total. The van der Waals surface area contributed by atoms with Crippen molar-refractivity contribution in [3.8, 4) is 0 Å². The van der Waals surface area contributed by atoms with Gasteiger partial charge in [0.15, 0.2) is 0 Å². The van der Waals surface area contributed by atoms with Gasteiger partial charge >= 0.3 is 6.18 Å². The predicted molar refractivity (Wildman–Crippen MR) is 68.2 cm³/mol. The Labute approximate surface area is 115 Å². The van der Waals surface area contributed by atoms with E-state index in [1.807, 2.05) is 0 Å². The molecule has 0 bridgehead atoms. The Kier molecular flexibility index (Phi) is 4.08. The van der Waals surface area contributed by atoms with Crippen LogP contribution < -0.4 is 0 Å². The molecule has 0 aliphatic heterocycles. The third-order valence-corrected chi connectivity index (χ3v) is 3.25. The first-order chi connectivity index (χ1) is 8.85. The van der Waals surface area contributed by atoms with Crippen molar-refractivity contribution in [3.05, 3.63) is 29.8 Å². The van der Waals surface area contributed by atoms with Crippen LogP contribution in [0.3, 0.4) is 0 Å². The Morgan fingerprint density at radius 2 is 1.84 bits per heavy atom. The number of thiol groups is 1. The van der Waals surface area contributed by atoms with Gasteiger partial charge in [0.05, 0.1) is 6.42 Å². The van der Waals surface area contributed by atoms with Crippen molar-refractivity contribution < 1.29 is 18.0 Å². The predicted octanol–water partition coefficient (Wildman–Crippen LogP) is 3.07. The maximum Gasteiger partial charge on any atom is 0.406 e. The number of hydrogen-bond acceptors (Lipinski definition) is 2. The molecule has 0 atom stereocenters. The summed E-state index contributed by atoms with van der Waals surface area (Å²) in [5.41, 5.74) is 0.704. The number of nitrogens with zero attached hydrogens (tertiary/aromatic N) is 1. The van der Waals surface area contributed by atoms with Crippen LogP contribution in [0.1, 0.15) is 18.4 Å². The van der Waals surface area contributed by atoms with Gasteiger partial charge in [-0.3, -0.25) is 4.79 Å². The number of carbonyl (C=O) groups is 1. The smallest absolute Gasteiger partial charge is 0.330 e. The maximum atomic E-state index is 12.4. The lowest BCUT2D eigenvalue weighted by Crippen LogP contribution is -2.41. The van der Waals surface area contributed by atoms with Gasteiger partial charge < -0.3 is 4.90 Å². The highest BCUT2D eigenvalue weighted by Gasteiger charge is 2.40. The van der Waals surface area contributed by atoms with E-state index in [0.29, 0.717) is 18.4 Å². The fraction of sp³-hybridized carbons (Fsp3) is 0.462. The van der Waals surface area contributed by atoms with Crippen LogP contribution in [0, 0.1) is 0 Å². The third kappa shape index (κ3) is 4.45. The lowest BCUT2D eigenvalue weighted by atomic mass is 10.1. The quantitative estimate of drug-likeness (QED) is 0.845. The molecule has 1 saturated carbocycles. The molecule has 0 N–H and O–H groups in total. The molecule has 1 aromatic carbocycles. The van der Waals surface area contributed by atoms with E-state index in [4.69, 9.17) is 0 Å². The molecule has 6 heteroatoms. The number of rotatable bonds is 4. The van der Waals surface area contributed by atoms with E-state index < -0.39 is 18.6 Å². The summed E-state index contributed by atoms with van der Waals surface area (Å²) < 4.78 is 37.3. The Morgan fingerprint density at radius 3 is 2.32 bits per heavy atom. The molecule has 19 heavy (non-hydrogen) atoms. The molecular formula is C13H14F3NOS. The van der Waals surface area contributed by atoms with Gasteiger partial charge in [0, 0.05) is 10.9 Å². The summed E-state index contributed by atoms with van der Waals surface area (Å²) in [7, 11) is 0. The molecule has 1 amide bonds. The van der Waals surface area contributed by atoms with Gasteiger partial charge in [-0.25, -0.2) is 0 Å². The summed E-state index contributed by atoms with van der Waals surface area (Å²) in [4.78, 5) is 13.7. The fourth-order valence-electron chi connectivity index (χ4n) is 1.89. The number of carbonyl (C=O) groups excluding carboxylic acids is 1. The summed E-state index contributed by atoms with van der Waals surface area (Å²) in [6.45, 7) is -1.15. The van der Waals surface area contributed by atoms with Crippen LogP contribution >= 0.6 is 12.6 Å². The molecule has 1 aromatic rings. The van der Waals surface area contributed by atoms with E-state index in [2.05, 4.69) is 12.6 Å². The zero-order chi connectivity index (χ0) is 14.0. The van der Waals surface area contributed by atoms with E-state index in [-0.39, 0.29) is 12.5 Å². The number of alkyl halides is 3. The van der Waals surface area contributed by atoms with E-state index in [1.54, 1.807) is 24.3 Å². The normalized spacial score (nSPS) is 15.4. The highest BCUT2D eigenvalue weighted by Crippen LogP contribution is 2.30. The second-order valence-corrected chi connectivity index (χ2v) is 5.23. The minimum absolute atomic E-state index is 0.000633. The van der Waals surface area contributed by atoms with Crippen LogP contribution in [-0.2, 0) is 11.2 Å². The zero-order valence-corrected chi connectivity index (χ0v) is 11.0. The Morgan fingerprint density at radius 1 is 1.26 bits per heavy atom. The van der Waals surface area contributed by atoms with Crippen LogP contribution in [0.15, 0.2) is 29.2 Å². The monoisotopic (exact) mass is 289 g/mol. The molecule has 0 radical (unpaired) electrons. The second-order valence-electron chi connectivity index (χ2n) is 4.71. The number of halogens is 3. The molecular weight excluding hydrogens is 275 g/mol. The van der Waals surface area contributed by atoms with E-state index in [9.17, 15) is 18.0 Å². The molecule has 0 spiro atoms. The Bertz CT molecular complexity index is 454. The molecule has 2 rings (SSSR count). The Hall–Kier alpha value is -1.17. The van der Waals surface area contributed by atoms with E-state index in [0.717, 1.165) is 9.80 Å². The van der Waals surface area contributed by atoms with Gasteiger partial charge in [0.1, 0.15) is 6.54 Å². The van der Waals surface area contributed by atoms with Gasteiger partial charge in [-0.15, -0.1) is 12.6 Å². The summed E-state index contributed by atoms with van der Waals surface area (Å²) in [6.07, 6.45) is -3.01. The average molecular weight is 289 g/mol. The van der Waals surface area contributed by atoms with Crippen LogP contribution in [0.5, 0.6) is 0 Å². The lowest BCUT2D eigenvalue weighted by Gasteiger charge is -2.23. The van der Waals surface area contributed by atoms with Crippen molar-refractivity contribution in [1.82, 2.24) is 4.90 Å². The summed E-state index contributed by atoms with van der Waals surface area (Å²) >= 11 is 4.12. The van der Waals surface area contributed by atoms with E-state index >= 15 is 0 Å². The molecule has 0 heterocycles. The fourth-order valence-corrected chi connectivity index (χ4v) is 2.04. The third-order valence-electron chi connectivity index (χ3n) is 2.95.